The first-order valence-electron chi connectivity index (χ1n) is 6.84. The molecule has 0 unspecified atom stereocenters. The number of aliphatic imine (C=N–C) groups is 1. The van der Waals surface area contributed by atoms with Crippen LogP contribution in [0.3, 0.4) is 0 Å². The molecule has 6 heteroatoms. The number of nitrogens with zero attached hydrogens (tertiary/aromatic N) is 1. The highest BCUT2D eigenvalue weighted by molar-refractivity contribution is 8.18. The molecule has 0 atom stereocenters. The van der Waals surface area contributed by atoms with Crippen LogP contribution >= 0.6 is 23.4 Å². The Morgan fingerprint density at radius 2 is 1.91 bits per heavy atom. The standard InChI is InChI=1S/C17H13ClN2O2S/c1-22-12-8-6-11(7-9-12)10-15-16(21)20-17(23-15)19-14-5-3-2-4-13(14)18/h2-10H,1H3,(H,19,20,21)/b15-10-. The topological polar surface area (TPSA) is 50.7 Å². The summed E-state index contributed by atoms with van der Waals surface area (Å²) in [5.74, 6) is 0.605. The molecule has 3 rings (SSSR count). The molecular formula is C17H13ClN2O2S. The van der Waals surface area contributed by atoms with Crippen LogP contribution in [0.1, 0.15) is 5.56 Å². The molecule has 1 aliphatic rings. The van der Waals surface area contributed by atoms with Crippen LogP contribution in [-0.2, 0) is 4.79 Å². The molecule has 0 aliphatic carbocycles. The van der Waals surface area contributed by atoms with Crippen LogP contribution in [-0.4, -0.2) is 18.2 Å². The third-order valence-corrected chi connectivity index (χ3v) is 4.37. The maximum Gasteiger partial charge on any atom is 0.264 e. The Labute approximate surface area is 143 Å². The lowest BCUT2D eigenvalue weighted by Gasteiger charge is -1.99. The minimum atomic E-state index is -0.170. The second kappa shape index (κ2) is 6.89. The summed E-state index contributed by atoms with van der Waals surface area (Å²) in [7, 11) is 1.62. The van der Waals surface area contributed by atoms with Gasteiger partial charge in [-0.1, -0.05) is 35.9 Å². The van der Waals surface area contributed by atoms with E-state index in [1.165, 1.54) is 11.8 Å². The van der Waals surface area contributed by atoms with Gasteiger partial charge in [0.1, 0.15) is 5.75 Å². The van der Waals surface area contributed by atoms with E-state index in [4.69, 9.17) is 16.3 Å². The molecule has 0 spiro atoms. The van der Waals surface area contributed by atoms with Gasteiger partial charge in [0.2, 0.25) is 0 Å². The highest BCUT2D eigenvalue weighted by Gasteiger charge is 2.23. The summed E-state index contributed by atoms with van der Waals surface area (Å²) < 4.78 is 5.12. The lowest BCUT2D eigenvalue weighted by Crippen LogP contribution is -2.19. The highest BCUT2D eigenvalue weighted by atomic mass is 35.5. The quantitative estimate of drug-likeness (QED) is 0.847. The summed E-state index contributed by atoms with van der Waals surface area (Å²) in [5, 5.41) is 3.81. The van der Waals surface area contributed by atoms with Crippen LogP contribution in [0.5, 0.6) is 5.75 Å². The van der Waals surface area contributed by atoms with Crippen molar-refractivity contribution in [2.24, 2.45) is 4.99 Å². The number of thioether (sulfide) groups is 1. The molecule has 0 radical (unpaired) electrons. The average Bonchev–Trinajstić information content (AvgIpc) is 2.90. The van der Waals surface area contributed by atoms with Crippen LogP contribution in [0.15, 0.2) is 58.4 Å². The number of methoxy groups -OCH3 is 1. The maximum absolute atomic E-state index is 12.0. The Hall–Kier alpha value is -2.24. The molecule has 23 heavy (non-hydrogen) atoms. The number of benzene rings is 2. The van der Waals surface area contributed by atoms with Crippen molar-refractivity contribution in [3.05, 3.63) is 64.0 Å². The zero-order chi connectivity index (χ0) is 16.2. The lowest BCUT2D eigenvalue weighted by atomic mass is 10.2. The number of nitrogens with one attached hydrogen (secondary N) is 1. The van der Waals surface area contributed by atoms with E-state index >= 15 is 0 Å². The van der Waals surface area contributed by atoms with Gasteiger partial charge in [-0.05, 0) is 47.7 Å². The highest BCUT2D eigenvalue weighted by Crippen LogP contribution is 2.30. The molecule has 1 amide bonds. The zero-order valence-electron chi connectivity index (χ0n) is 12.2. The normalized spacial score (nSPS) is 17.6. The Bertz CT molecular complexity index is 800. The third kappa shape index (κ3) is 3.75. The van der Waals surface area contributed by atoms with Crippen molar-refractivity contribution in [2.45, 2.75) is 0 Å². The van der Waals surface area contributed by atoms with E-state index in [1.54, 1.807) is 19.2 Å². The molecule has 1 saturated heterocycles. The zero-order valence-corrected chi connectivity index (χ0v) is 13.8. The first kappa shape index (κ1) is 15.6. The van der Waals surface area contributed by atoms with Crippen molar-refractivity contribution >= 4 is 46.2 Å². The van der Waals surface area contributed by atoms with Gasteiger partial charge in [-0.3, -0.25) is 4.79 Å². The fourth-order valence-electron chi connectivity index (χ4n) is 1.98. The van der Waals surface area contributed by atoms with E-state index in [1.807, 2.05) is 42.5 Å². The van der Waals surface area contributed by atoms with E-state index in [9.17, 15) is 4.79 Å². The molecule has 1 N–H and O–H groups in total. The number of para-hydroxylation sites is 1. The van der Waals surface area contributed by atoms with Gasteiger partial charge in [-0.25, -0.2) is 4.99 Å². The molecule has 0 saturated carbocycles. The number of hydrogen-bond donors (Lipinski definition) is 1. The van der Waals surface area contributed by atoms with Gasteiger partial charge in [0.05, 0.1) is 22.7 Å². The van der Waals surface area contributed by atoms with Crippen LogP contribution in [0.25, 0.3) is 6.08 Å². The minimum Gasteiger partial charge on any atom is -0.497 e. The Kier molecular flexibility index (Phi) is 4.69. The van der Waals surface area contributed by atoms with E-state index in [0.29, 0.717) is 20.8 Å². The summed E-state index contributed by atoms with van der Waals surface area (Å²) in [6, 6.07) is 14.7. The van der Waals surface area contributed by atoms with Crippen LogP contribution in [0, 0.1) is 0 Å². The SMILES string of the molecule is COc1ccc(/C=C2\S/C(=N/c3ccccc3Cl)NC2=O)cc1. The fraction of sp³-hybridized carbons (Fsp3) is 0.0588. The number of rotatable bonds is 3. The molecule has 4 nitrogen and oxygen atoms in total. The number of amidine groups is 1. The molecular weight excluding hydrogens is 332 g/mol. The molecule has 0 bridgehead atoms. The monoisotopic (exact) mass is 344 g/mol. The number of halogens is 1. The van der Waals surface area contributed by atoms with Gasteiger partial charge in [0.15, 0.2) is 5.17 Å². The predicted molar refractivity (Wildman–Crippen MR) is 95.3 cm³/mol. The van der Waals surface area contributed by atoms with Crippen LogP contribution < -0.4 is 10.1 Å². The Morgan fingerprint density at radius 3 is 2.61 bits per heavy atom. The fourth-order valence-corrected chi connectivity index (χ4v) is 3.00. The third-order valence-electron chi connectivity index (χ3n) is 3.14. The van der Waals surface area contributed by atoms with Crippen molar-refractivity contribution < 1.29 is 9.53 Å². The smallest absolute Gasteiger partial charge is 0.264 e. The number of carbonyl (C=O) groups excluding carboxylic acids is 1. The average molecular weight is 345 g/mol. The molecule has 2 aromatic carbocycles. The summed E-state index contributed by atoms with van der Waals surface area (Å²) in [4.78, 5) is 17.0. The van der Waals surface area contributed by atoms with Crippen molar-refractivity contribution in [3.8, 4) is 5.75 Å². The minimum absolute atomic E-state index is 0.170. The van der Waals surface area contributed by atoms with Gasteiger partial charge in [0, 0.05) is 0 Å². The van der Waals surface area contributed by atoms with E-state index in [2.05, 4.69) is 10.3 Å². The first-order chi connectivity index (χ1) is 11.2. The second-order valence-electron chi connectivity index (χ2n) is 4.71. The van der Waals surface area contributed by atoms with Gasteiger partial charge < -0.3 is 10.1 Å². The molecule has 1 heterocycles. The van der Waals surface area contributed by atoms with Crippen LogP contribution in [0.4, 0.5) is 5.69 Å². The van der Waals surface area contributed by atoms with Crippen molar-refractivity contribution in [2.75, 3.05) is 7.11 Å². The number of carbonyl (C=O) groups is 1. The number of amides is 1. The van der Waals surface area contributed by atoms with E-state index < -0.39 is 0 Å². The molecule has 0 aromatic heterocycles. The summed E-state index contributed by atoms with van der Waals surface area (Å²) >= 11 is 7.37. The van der Waals surface area contributed by atoms with Gasteiger partial charge in [0.25, 0.3) is 5.91 Å². The first-order valence-corrected chi connectivity index (χ1v) is 8.03. The van der Waals surface area contributed by atoms with Crippen molar-refractivity contribution in [1.82, 2.24) is 5.32 Å². The van der Waals surface area contributed by atoms with Crippen LogP contribution in [0.2, 0.25) is 5.02 Å². The molecule has 1 aliphatic heterocycles. The number of ether oxygens (including phenoxy) is 1. The Balaban J connectivity index is 1.82. The Morgan fingerprint density at radius 1 is 1.17 bits per heavy atom. The van der Waals surface area contributed by atoms with E-state index in [0.717, 1.165) is 11.3 Å². The van der Waals surface area contributed by atoms with Gasteiger partial charge in [-0.15, -0.1) is 0 Å². The largest absolute Gasteiger partial charge is 0.497 e. The maximum atomic E-state index is 12.0. The van der Waals surface area contributed by atoms with Gasteiger partial charge >= 0.3 is 0 Å². The lowest BCUT2D eigenvalue weighted by molar-refractivity contribution is -0.115. The van der Waals surface area contributed by atoms with E-state index in [-0.39, 0.29) is 5.91 Å². The van der Waals surface area contributed by atoms with Crippen molar-refractivity contribution in [3.63, 3.8) is 0 Å². The molecule has 2 aromatic rings. The molecule has 1 fully saturated rings. The predicted octanol–water partition coefficient (Wildman–Crippen LogP) is 4.24. The summed E-state index contributed by atoms with van der Waals surface area (Å²) in [6.45, 7) is 0. The molecule has 116 valence electrons. The van der Waals surface area contributed by atoms with Crippen molar-refractivity contribution in [1.29, 1.82) is 0 Å². The number of hydrogen-bond acceptors (Lipinski definition) is 4. The summed E-state index contributed by atoms with van der Waals surface area (Å²) in [6.07, 6.45) is 1.81. The second-order valence-corrected chi connectivity index (χ2v) is 6.14. The summed E-state index contributed by atoms with van der Waals surface area (Å²) in [5.41, 5.74) is 1.55. The van der Waals surface area contributed by atoms with Gasteiger partial charge in [-0.2, -0.15) is 0 Å².